The Labute approximate surface area is 167 Å². The van der Waals surface area contributed by atoms with Crippen molar-refractivity contribution in [2.45, 2.75) is 26.4 Å². The minimum atomic E-state index is -1.07. The van der Waals surface area contributed by atoms with E-state index in [0.717, 1.165) is 5.56 Å². The minimum Gasteiger partial charge on any atom is -0.494 e. The van der Waals surface area contributed by atoms with E-state index in [2.05, 4.69) is 5.32 Å². The summed E-state index contributed by atoms with van der Waals surface area (Å²) in [5.74, 6) is -0.378. The fraction of sp³-hybridized carbons (Fsp3) is 0.300. The highest BCUT2D eigenvalue weighted by Gasteiger charge is 2.20. The summed E-state index contributed by atoms with van der Waals surface area (Å²) in [7, 11) is 1.33. The molecule has 0 spiro atoms. The van der Waals surface area contributed by atoms with Gasteiger partial charge in [-0.1, -0.05) is 18.2 Å². The largest absolute Gasteiger partial charge is 0.494 e. The summed E-state index contributed by atoms with van der Waals surface area (Å²) < 4.78 is 15.7. The number of amides is 1. The molecular weight excluding hydrogens is 380 g/mol. The van der Waals surface area contributed by atoms with Crippen LogP contribution in [0, 0.1) is 17.0 Å². The van der Waals surface area contributed by atoms with Gasteiger partial charge >= 0.3 is 5.97 Å². The number of esters is 1. The molecule has 0 saturated heterocycles. The summed E-state index contributed by atoms with van der Waals surface area (Å²) in [5, 5.41) is 13.3. The van der Waals surface area contributed by atoms with Crippen LogP contribution in [-0.2, 0) is 14.3 Å². The molecule has 2 aromatic carbocycles. The van der Waals surface area contributed by atoms with Crippen LogP contribution in [0.2, 0.25) is 0 Å². The van der Waals surface area contributed by atoms with Crippen LogP contribution in [0.3, 0.4) is 0 Å². The van der Waals surface area contributed by atoms with Gasteiger partial charge in [0.2, 0.25) is 0 Å². The van der Waals surface area contributed by atoms with E-state index in [4.69, 9.17) is 14.2 Å². The Balaban J connectivity index is 1.86. The van der Waals surface area contributed by atoms with Crippen LogP contribution in [0.15, 0.2) is 42.5 Å². The van der Waals surface area contributed by atoms with Crippen molar-refractivity contribution in [3.63, 3.8) is 0 Å². The number of nitrogens with one attached hydrogen (secondary N) is 1. The van der Waals surface area contributed by atoms with Crippen LogP contribution in [0.25, 0.3) is 0 Å². The molecule has 0 bridgehead atoms. The normalized spacial score (nSPS) is 11.3. The van der Waals surface area contributed by atoms with Crippen molar-refractivity contribution >= 4 is 23.3 Å². The second-order valence-electron chi connectivity index (χ2n) is 6.13. The number of non-ortho nitro benzene ring substituents is 1. The average Bonchev–Trinajstić information content (AvgIpc) is 2.69. The van der Waals surface area contributed by atoms with Gasteiger partial charge in [-0.25, -0.2) is 0 Å². The number of rotatable bonds is 9. The van der Waals surface area contributed by atoms with Crippen molar-refractivity contribution in [1.29, 1.82) is 0 Å². The molecule has 2 aromatic rings. The van der Waals surface area contributed by atoms with Crippen molar-refractivity contribution in [1.82, 2.24) is 0 Å². The van der Waals surface area contributed by atoms with Gasteiger partial charge in [-0.3, -0.25) is 19.7 Å². The van der Waals surface area contributed by atoms with E-state index >= 15 is 0 Å². The number of aryl methyl sites for hydroxylation is 1. The first kappa shape index (κ1) is 21.7. The average molecular weight is 402 g/mol. The Hall–Kier alpha value is -3.62. The number of carbonyl (C=O) groups is 2. The lowest BCUT2D eigenvalue weighted by Crippen LogP contribution is -2.30. The Morgan fingerprint density at radius 2 is 1.90 bits per heavy atom. The summed E-state index contributed by atoms with van der Waals surface area (Å²) in [4.78, 5) is 34.5. The zero-order chi connectivity index (χ0) is 21.4. The molecule has 1 N–H and O–H groups in total. The fourth-order valence-electron chi connectivity index (χ4n) is 2.40. The van der Waals surface area contributed by atoms with E-state index in [9.17, 15) is 19.7 Å². The van der Waals surface area contributed by atoms with Crippen LogP contribution >= 0.6 is 0 Å². The lowest BCUT2D eigenvalue weighted by atomic mass is 10.2. The van der Waals surface area contributed by atoms with E-state index in [0.29, 0.717) is 5.75 Å². The first-order chi connectivity index (χ1) is 13.8. The van der Waals surface area contributed by atoms with E-state index in [1.807, 2.05) is 25.1 Å². The molecule has 0 aromatic heterocycles. The molecule has 0 radical (unpaired) electrons. The fourth-order valence-corrected chi connectivity index (χ4v) is 2.40. The summed E-state index contributed by atoms with van der Waals surface area (Å²) in [6, 6.07) is 11.2. The van der Waals surface area contributed by atoms with E-state index in [-0.39, 0.29) is 30.2 Å². The zero-order valence-electron chi connectivity index (χ0n) is 16.3. The van der Waals surface area contributed by atoms with Crippen molar-refractivity contribution < 1.29 is 28.7 Å². The summed E-state index contributed by atoms with van der Waals surface area (Å²) >= 11 is 0. The van der Waals surface area contributed by atoms with Crippen LogP contribution in [0.4, 0.5) is 11.4 Å². The number of nitro groups is 1. The quantitative estimate of drug-likeness (QED) is 0.389. The first-order valence-electron chi connectivity index (χ1n) is 8.83. The van der Waals surface area contributed by atoms with Crippen molar-refractivity contribution in [2.24, 2.45) is 0 Å². The molecule has 0 aliphatic carbocycles. The highest BCUT2D eigenvalue weighted by atomic mass is 16.6. The second-order valence-corrected chi connectivity index (χ2v) is 6.13. The topological polar surface area (TPSA) is 117 Å². The van der Waals surface area contributed by atoms with E-state index in [1.54, 1.807) is 6.07 Å². The van der Waals surface area contributed by atoms with Crippen LogP contribution in [0.5, 0.6) is 11.5 Å². The molecule has 9 nitrogen and oxygen atoms in total. The smallest absolute Gasteiger partial charge is 0.310 e. The maximum atomic E-state index is 12.3. The van der Waals surface area contributed by atoms with Gasteiger partial charge in [0.25, 0.3) is 11.6 Å². The first-order valence-corrected chi connectivity index (χ1v) is 8.83. The zero-order valence-corrected chi connectivity index (χ0v) is 16.3. The summed E-state index contributed by atoms with van der Waals surface area (Å²) in [6.45, 7) is 3.44. The number of benzene rings is 2. The molecule has 1 amide bonds. The van der Waals surface area contributed by atoms with E-state index in [1.165, 1.54) is 32.2 Å². The van der Waals surface area contributed by atoms with Gasteiger partial charge in [0, 0.05) is 6.07 Å². The standard InChI is InChI=1S/C20H22N2O7/c1-13-6-4-5-7-17(13)28-11-10-19(23)29-14(2)20(24)21-16-9-8-15(22(25)26)12-18(16)27-3/h4-9,12,14H,10-11H2,1-3H3,(H,21,24)/t14-/m0/s1. The van der Waals surface area contributed by atoms with Crippen LogP contribution in [0.1, 0.15) is 18.9 Å². The molecule has 0 heterocycles. The molecule has 0 unspecified atom stereocenters. The van der Waals surface area contributed by atoms with Gasteiger partial charge in [-0.2, -0.15) is 0 Å². The lowest BCUT2D eigenvalue weighted by molar-refractivity contribution is -0.384. The van der Waals surface area contributed by atoms with Crippen molar-refractivity contribution in [2.75, 3.05) is 19.0 Å². The third-order valence-corrected chi connectivity index (χ3v) is 3.99. The molecule has 2 rings (SSSR count). The number of ether oxygens (including phenoxy) is 3. The third-order valence-electron chi connectivity index (χ3n) is 3.99. The van der Waals surface area contributed by atoms with Crippen LogP contribution < -0.4 is 14.8 Å². The number of hydrogen-bond acceptors (Lipinski definition) is 7. The molecule has 0 fully saturated rings. The van der Waals surface area contributed by atoms with Gasteiger partial charge in [0.1, 0.15) is 11.5 Å². The maximum Gasteiger partial charge on any atom is 0.310 e. The number of hydrogen-bond donors (Lipinski definition) is 1. The molecule has 0 aliphatic heterocycles. The Bertz CT molecular complexity index is 898. The molecule has 0 aliphatic rings. The number of anilines is 1. The summed E-state index contributed by atoms with van der Waals surface area (Å²) in [5.41, 5.74) is 1.01. The molecule has 9 heteroatoms. The van der Waals surface area contributed by atoms with Gasteiger partial charge in [-0.15, -0.1) is 0 Å². The van der Waals surface area contributed by atoms with Gasteiger partial charge in [0.15, 0.2) is 6.10 Å². The molecule has 29 heavy (non-hydrogen) atoms. The molecular formula is C20H22N2O7. The molecule has 1 atom stereocenters. The Kier molecular flexibility index (Phi) is 7.53. The SMILES string of the molecule is COc1cc([N+](=O)[O-])ccc1NC(=O)[C@H](C)OC(=O)CCOc1ccccc1C. The van der Waals surface area contributed by atoms with Gasteiger partial charge < -0.3 is 19.5 Å². The molecule has 154 valence electrons. The van der Waals surface area contributed by atoms with E-state index < -0.39 is 22.9 Å². The number of nitro benzene ring substituents is 1. The Morgan fingerprint density at radius 3 is 2.55 bits per heavy atom. The maximum absolute atomic E-state index is 12.3. The van der Waals surface area contributed by atoms with Crippen LogP contribution in [-0.4, -0.2) is 36.6 Å². The third kappa shape index (κ3) is 6.20. The van der Waals surface area contributed by atoms with Gasteiger partial charge in [0.05, 0.1) is 36.8 Å². The number of para-hydroxylation sites is 1. The predicted molar refractivity (Wildman–Crippen MR) is 105 cm³/mol. The second kappa shape index (κ2) is 10.1. The van der Waals surface area contributed by atoms with Crippen molar-refractivity contribution in [3.05, 3.63) is 58.1 Å². The minimum absolute atomic E-state index is 0.0210. The predicted octanol–water partition coefficient (Wildman–Crippen LogP) is 3.25. The Morgan fingerprint density at radius 1 is 1.17 bits per heavy atom. The molecule has 0 saturated carbocycles. The summed E-state index contributed by atoms with van der Waals surface area (Å²) in [6.07, 6.45) is -1.09. The number of methoxy groups -OCH3 is 1. The lowest BCUT2D eigenvalue weighted by Gasteiger charge is -2.15. The number of nitrogens with zero attached hydrogens (tertiary/aromatic N) is 1. The number of carbonyl (C=O) groups excluding carboxylic acids is 2. The van der Waals surface area contributed by atoms with Gasteiger partial charge in [-0.05, 0) is 31.5 Å². The van der Waals surface area contributed by atoms with Crippen molar-refractivity contribution in [3.8, 4) is 11.5 Å². The highest BCUT2D eigenvalue weighted by Crippen LogP contribution is 2.29. The monoisotopic (exact) mass is 402 g/mol. The highest BCUT2D eigenvalue weighted by molar-refractivity contribution is 5.96.